The second-order valence-electron chi connectivity index (χ2n) is 6.12. The third-order valence-corrected chi connectivity index (χ3v) is 6.24. The molecule has 4 nitrogen and oxygen atoms in total. The van der Waals surface area contributed by atoms with Crippen molar-refractivity contribution in [3.63, 3.8) is 0 Å². The predicted octanol–water partition coefficient (Wildman–Crippen LogP) is 4.88. The second kappa shape index (κ2) is 9.94. The molecule has 1 aliphatic carbocycles. The summed E-state index contributed by atoms with van der Waals surface area (Å²) in [4.78, 5) is 0. The first-order valence-electron chi connectivity index (χ1n) is 8.25. The zero-order valence-electron chi connectivity index (χ0n) is 13.2. The Morgan fingerprint density at radius 2 is 1.95 bits per heavy atom. The van der Waals surface area contributed by atoms with Gasteiger partial charge in [0, 0.05) is 0 Å². The largest absolute Gasteiger partial charge is 0.347 e. The lowest BCUT2D eigenvalue weighted by atomic mass is 9.91. The zero-order chi connectivity index (χ0) is 14.8. The summed E-state index contributed by atoms with van der Waals surface area (Å²) in [5.41, 5.74) is 0. The van der Waals surface area contributed by atoms with E-state index in [0.29, 0.717) is 24.6 Å². The van der Waals surface area contributed by atoms with Crippen LogP contribution in [0.25, 0.3) is 0 Å². The minimum absolute atomic E-state index is 0.453. The van der Waals surface area contributed by atoms with E-state index in [1.165, 1.54) is 32.1 Å². The SMILES string of the molecule is CCCCC(CC)COP(=O)(CC1CCCCC1)ON. The van der Waals surface area contributed by atoms with Gasteiger partial charge >= 0.3 is 7.60 Å². The van der Waals surface area contributed by atoms with E-state index in [-0.39, 0.29) is 0 Å². The molecule has 0 aromatic carbocycles. The van der Waals surface area contributed by atoms with Gasteiger partial charge in [0.05, 0.1) is 12.8 Å². The molecule has 0 aromatic rings. The van der Waals surface area contributed by atoms with Crippen molar-refractivity contribution in [3.8, 4) is 0 Å². The van der Waals surface area contributed by atoms with Crippen molar-refractivity contribution in [1.82, 2.24) is 0 Å². The summed E-state index contributed by atoms with van der Waals surface area (Å²) in [5, 5.41) is 0. The van der Waals surface area contributed by atoms with E-state index in [1.54, 1.807) is 0 Å². The molecule has 2 unspecified atom stereocenters. The lowest BCUT2D eigenvalue weighted by Gasteiger charge is -2.26. The Kier molecular flexibility index (Phi) is 9.03. The van der Waals surface area contributed by atoms with Gasteiger partial charge < -0.3 is 4.52 Å². The quantitative estimate of drug-likeness (QED) is 0.461. The van der Waals surface area contributed by atoms with Crippen LogP contribution in [0.5, 0.6) is 0 Å². The monoisotopic (exact) mass is 305 g/mol. The molecule has 0 radical (unpaired) electrons. The Bertz CT molecular complexity index is 293. The van der Waals surface area contributed by atoms with Crippen molar-refractivity contribution in [2.24, 2.45) is 17.7 Å². The fourth-order valence-electron chi connectivity index (χ4n) is 2.93. The molecule has 20 heavy (non-hydrogen) atoms. The second-order valence-corrected chi connectivity index (χ2v) is 8.17. The van der Waals surface area contributed by atoms with Crippen molar-refractivity contribution in [2.75, 3.05) is 12.8 Å². The fraction of sp³-hybridized carbons (Fsp3) is 1.00. The third kappa shape index (κ3) is 6.71. The van der Waals surface area contributed by atoms with Crippen LogP contribution in [0.15, 0.2) is 0 Å². The average Bonchev–Trinajstić information content (AvgIpc) is 2.48. The summed E-state index contributed by atoms with van der Waals surface area (Å²) < 4.78 is 23.0. The van der Waals surface area contributed by atoms with Crippen molar-refractivity contribution in [1.29, 1.82) is 0 Å². The highest BCUT2D eigenvalue weighted by molar-refractivity contribution is 7.53. The summed E-state index contributed by atoms with van der Waals surface area (Å²) >= 11 is 0. The molecule has 2 atom stereocenters. The Morgan fingerprint density at radius 3 is 2.50 bits per heavy atom. The molecule has 0 aliphatic heterocycles. The highest BCUT2D eigenvalue weighted by atomic mass is 31.2. The number of unbranched alkanes of at least 4 members (excludes halogenated alkanes) is 1. The van der Waals surface area contributed by atoms with Gasteiger partial charge in [0.15, 0.2) is 0 Å². The van der Waals surface area contributed by atoms with E-state index in [1.807, 2.05) is 0 Å². The van der Waals surface area contributed by atoms with Crippen LogP contribution in [0.3, 0.4) is 0 Å². The standard InChI is InChI=1S/C15H32NO3P/c1-3-5-9-14(4-2)12-18-20(17,19-16)13-15-10-7-6-8-11-15/h14-15H,3-13,16H2,1-2H3. The molecular formula is C15H32NO3P. The topological polar surface area (TPSA) is 61.5 Å². The van der Waals surface area contributed by atoms with Crippen molar-refractivity contribution in [2.45, 2.75) is 71.6 Å². The van der Waals surface area contributed by atoms with Crippen LogP contribution in [-0.4, -0.2) is 12.8 Å². The predicted molar refractivity (Wildman–Crippen MR) is 83.6 cm³/mol. The van der Waals surface area contributed by atoms with Crippen LogP contribution in [0.4, 0.5) is 0 Å². The summed E-state index contributed by atoms with van der Waals surface area (Å²) in [6, 6.07) is 0. The normalized spacial score (nSPS) is 21.6. The number of hydrogen-bond acceptors (Lipinski definition) is 4. The van der Waals surface area contributed by atoms with Crippen LogP contribution in [0, 0.1) is 11.8 Å². The van der Waals surface area contributed by atoms with Crippen LogP contribution in [0.2, 0.25) is 0 Å². The Hall–Kier alpha value is 0.110. The first-order valence-corrected chi connectivity index (χ1v) is 9.98. The molecule has 1 aliphatic rings. The highest BCUT2D eigenvalue weighted by Gasteiger charge is 2.30. The van der Waals surface area contributed by atoms with Gasteiger partial charge in [0.1, 0.15) is 0 Å². The first-order chi connectivity index (χ1) is 9.63. The first kappa shape index (κ1) is 18.2. The molecule has 0 spiro atoms. The van der Waals surface area contributed by atoms with Gasteiger partial charge in [-0.3, -0.25) is 4.57 Å². The van der Waals surface area contributed by atoms with Gasteiger partial charge in [-0.05, 0) is 31.1 Å². The number of hydrogen-bond donors (Lipinski definition) is 1. The lowest BCUT2D eigenvalue weighted by Crippen LogP contribution is -2.17. The van der Waals surface area contributed by atoms with Gasteiger partial charge in [-0.15, -0.1) is 0 Å². The number of rotatable bonds is 10. The Morgan fingerprint density at radius 1 is 1.25 bits per heavy atom. The van der Waals surface area contributed by atoms with Crippen LogP contribution in [-0.2, 0) is 13.7 Å². The molecule has 0 bridgehead atoms. The lowest BCUT2D eigenvalue weighted by molar-refractivity contribution is 0.168. The smallest absolute Gasteiger partial charge is 0.307 e. The van der Waals surface area contributed by atoms with Crippen molar-refractivity contribution in [3.05, 3.63) is 0 Å². The van der Waals surface area contributed by atoms with E-state index in [2.05, 4.69) is 13.8 Å². The molecule has 120 valence electrons. The molecule has 0 amide bonds. The Balaban J connectivity index is 2.40. The summed E-state index contributed by atoms with van der Waals surface area (Å²) in [6.45, 7) is 4.85. The highest BCUT2D eigenvalue weighted by Crippen LogP contribution is 2.50. The van der Waals surface area contributed by atoms with Crippen molar-refractivity contribution < 1.29 is 13.7 Å². The van der Waals surface area contributed by atoms with Crippen molar-refractivity contribution >= 4 is 7.60 Å². The molecule has 2 N–H and O–H groups in total. The minimum atomic E-state index is -3.09. The van der Waals surface area contributed by atoms with Gasteiger partial charge in [0.25, 0.3) is 0 Å². The van der Waals surface area contributed by atoms with E-state index >= 15 is 0 Å². The summed E-state index contributed by atoms with van der Waals surface area (Å²) in [5.74, 6) is 6.18. The van der Waals surface area contributed by atoms with Gasteiger partial charge in [-0.1, -0.05) is 52.4 Å². The molecule has 0 aromatic heterocycles. The Labute approximate surface area is 124 Å². The van der Waals surface area contributed by atoms with Gasteiger partial charge in [-0.2, -0.15) is 0 Å². The maximum atomic E-state index is 12.6. The molecule has 0 saturated heterocycles. The number of nitrogens with two attached hydrogens (primary N) is 1. The van der Waals surface area contributed by atoms with Crippen LogP contribution < -0.4 is 5.90 Å². The van der Waals surface area contributed by atoms with Gasteiger partial charge in [0.2, 0.25) is 0 Å². The third-order valence-electron chi connectivity index (χ3n) is 4.42. The summed E-state index contributed by atoms with van der Waals surface area (Å²) in [7, 11) is -3.09. The summed E-state index contributed by atoms with van der Waals surface area (Å²) in [6.07, 6.45) is 11.0. The maximum Gasteiger partial charge on any atom is 0.347 e. The minimum Gasteiger partial charge on any atom is -0.307 e. The molecule has 1 saturated carbocycles. The van der Waals surface area contributed by atoms with Gasteiger partial charge in [-0.25, -0.2) is 10.5 Å². The molecule has 0 heterocycles. The molecule has 1 fully saturated rings. The molecular weight excluding hydrogens is 273 g/mol. The van der Waals surface area contributed by atoms with E-state index in [9.17, 15) is 4.57 Å². The van der Waals surface area contributed by atoms with E-state index in [4.69, 9.17) is 15.0 Å². The average molecular weight is 305 g/mol. The zero-order valence-corrected chi connectivity index (χ0v) is 14.1. The fourth-order valence-corrected chi connectivity index (χ4v) is 4.62. The van der Waals surface area contributed by atoms with E-state index in [0.717, 1.165) is 25.7 Å². The molecule has 1 rings (SSSR count). The van der Waals surface area contributed by atoms with E-state index < -0.39 is 7.60 Å². The van der Waals surface area contributed by atoms with Crippen LogP contribution in [0.1, 0.15) is 71.6 Å². The maximum absolute atomic E-state index is 12.6. The molecule has 5 heteroatoms. The van der Waals surface area contributed by atoms with Crippen LogP contribution >= 0.6 is 7.60 Å².